The quantitative estimate of drug-likeness (QED) is 0.518. The summed E-state index contributed by atoms with van der Waals surface area (Å²) in [6.45, 7) is 2.40. The van der Waals surface area contributed by atoms with Crippen molar-refractivity contribution in [1.29, 1.82) is 0 Å². The van der Waals surface area contributed by atoms with Crippen molar-refractivity contribution in [3.05, 3.63) is 23.3 Å². The van der Waals surface area contributed by atoms with Crippen molar-refractivity contribution in [3.8, 4) is 0 Å². The van der Waals surface area contributed by atoms with Gasteiger partial charge in [-0.25, -0.2) is 0 Å². The molecular formula is C13H20. The largest absolute Gasteiger partial charge is 0.0843 e. The van der Waals surface area contributed by atoms with Crippen LogP contribution in [-0.4, -0.2) is 0 Å². The first kappa shape index (κ1) is 9.05. The molecule has 0 amide bonds. The van der Waals surface area contributed by atoms with Crippen LogP contribution in [0.3, 0.4) is 0 Å². The summed E-state index contributed by atoms with van der Waals surface area (Å²) in [7, 11) is 0. The van der Waals surface area contributed by atoms with E-state index in [1.54, 1.807) is 11.1 Å². The van der Waals surface area contributed by atoms with Gasteiger partial charge in [-0.1, -0.05) is 24.6 Å². The van der Waals surface area contributed by atoms with Crippen LogP contribution in [0.25, 0.3) is 0 Å². The molecule has 0 heterocycles. The maximum absolute atomic E-state index is 2.40. The smallest absolute Gasteiger partial charge is 0.0277 e. The SMILES string of the molecule is CC1CCC2=C(CCCC/C=C\2)C1. The molecule has 0 aromatic heterocycles. The van der Waals surface area contributed by atoms with E-state index in [9.17, 15) is 0 Å². The van der Waals surface area contributed by atoms with Crippen molar-refractivity contribution in [2.45, 2.75) is 51.9 Å². The Morgan fingerprint density at radius 3 is 3.08 bits per heavy atom. The van der Waals surface area contributed by atoms with Gasteiger partial charge in [-0.3, -0.25) is 0 Å². The van der Waals surface area contributed by atoms with Crippen molar-refractivity contribution < 1.29 is 0 Å². The fraction of sp³-hybridized carbons (Fsp3) is 0.692. The number of hydrogen-bond acceptors (Lipinski definition) is 0. The summed E-state index contributed by atoms with van der Waals surface area (Å²) < 4.78 is 0. The summed E-state index contributed by atoms with van der Waals surface area (Å²) in [6.07, 6.45) is 14.4. The Morgan fingerprint density at radius 1 is 1.23 bits per heavy atom. The zero-order chi connectivity index (χ0) is 9.10. The molecule has 0 aromatic carbocycles. The van der Waals surface area contributed by atoms with Gasteiger partial charge in [0.25, 0.3) is 0 Å². The minimum absolute atomic E-state index is 0.937. The molecule has 0 heteroatoms. The molecule has 0 spiro atoms. The van der Waals surface area contributed by atoms with Gasteiger partial charge in [0.1, 0.15) is 0 Å². The van der Waals surface area contributed by atoms with E-state index >= 15 is 0 Å². The average molecular weight is 176 g/mol. The maximum Gasteiger partial charge on any atom is -0.0277 e. The second kappa shape index (κ2) is 4.13. The molecule has 0 fully saturated rings. The third kappa shape index (κ3) is 2.24. The lowest BCUT2D eigenvalue weighted by Crippen LogP contribution is -2.07. The lowest BCUT2D eigenvalue weighted by molar-refractivity contribution is 0.484. The molecular weight excluding hydrogens is 156 g/mol. The van der Waals surface area contributed by atoms with Gasteiger partial charge >= 0.3 is 0 Å². The predicted octanol–water partition coefficient (Wildman–Crippen LogP) is 4.23. The van der Waals surface area contributed by atoms with Crippen LogP contribution >= 0.6 is 0 Å². The first-order valence-corrected chi connectivity index (χ1v) is 5.73. The van der Waals surface area contributed by atoms with Crippen LogP contribution in [-0.2, 0) is 0 Å². The van der Waals surface area contributed by atoms with Gasteiger partial charge in [-0.2, -0.15) is 0 Å². The lowest BCUT2D eigenvalue weighted by Gasteiger charge is -2.24. The van der Waals surface area contributed by atoms with E-state index in [0.717, 1.165) is 5.92 Å². The molecule has 1 atom stereocenters. The first-order valence-electron chi connectivity index (χ1n) is 5.73. The highest BCUT2D eigenvalue weighted by Crippen LogP contribution is 2.33. The van der Waals surface area contributed by atoms with Gasteiger partial charge in [-0.05, 0) is 56.4 Å². The van der Waals surface area contributed by atoms with Crippen LogP contribution in [0.2, 0.25) is 0 Å². The zero-order valence-electron chi connectivity index (χ0n) is 8.68. The summed E-state index contributed by atoms with van der Waals surface area (Å²) in [5.74, 6) is 0.937. The molecule has 13 heavy (non-hydrogen) atoms. The van der Waals surface area contributed by atoms with E-state index in [-0.39, 0.29) is 0 Å². The summed E-state index contributed by atoms with van der Waals surface area (Å²) in [5, 5.41) is 0. The van der Waals surface area contributed by atoms with E-state index in [1.165, 1.54) is 44.9 Å². The highest BCUT2D eigenvalue weighted by Gasteiger charge is 2.16. The molecule has 0 radical (unpaired) electrons. The number of allylic oxidation sites excluding steroid dienone is 4. The van der Waals surface area contributed by atoms with Crippen LogP contribution < -0.4 is 0 Å². The summed E-state index contributed by atoms with van der Waals surface area (Å²) in [4.78, 5) is 0. The van der Waals surface area contributed by atoms with Gasteiger partial charge in [0, 0.05) is 0 Å². The lowest BCUT2D eigenvalue weighted by atomic mass is 9.82. The standard InChI is InChI=1S/C13H20/c1-11-8-9-12-6-4-2-3-5-7-13(12)10-11/h4,6,11H,2-3,5,7-10H2,1H3/b6-4-. The zero-order valence-corrected chi connectivity index (χ0v) is 8.68. The van der Waals surface area contributed by atoms with Crippen LogP contribution in [0.15, 0.2) is 23.3 Å². The fourth-order valence-electron chi connectivity index (χ4n) is 2.52. The maximum atomic E-state index is 2.40. The molecule has 0 saturated heterocycles. The van der Waals surface area contributed by atoms with Gasteiger partial charge in [0.2, 0.25) is 0 Å². The van der Waals surface area contributed by atoms with Crippen molar-refractivity contribution >= 4 is 0 Å². The molecule has 0 aliphatic heterocycles. The Morgan fingerprint density at radius 2 is 2.15 bits per heavy atom. The molecule has 0 N–H and O–H groups in total. The van der Waals surface area contributed by atoms with Gasteiger partial charge in [-0.15, -0.1) is 0 Å². The van der Waals surface area contributed by atoms with Crippen LogP contribution in [0.4, 0.5) is 0 Å². The minimum Gasteiger partial charge on any atom is -0.0843 e. The molecule has 2 aliphatic rings. The van der Waals surface area contributed by atoms with E-state index < -0.39 is 0 Å². The normalized spacial score (nSPS) is 31.9. The van der Waals surface area contributed by atoms with Crippen molar-refractivity contribution in [2.24, 2.45) is 5.92 Å². The van der Waals surface area contributed by atoms with E-state index in [4.69, 9.17) is 0 Å². The number of rotatable bonds is 0. The van der Waals surface area contributed by atoms with E-state index in [2.05, 4.69) is 19.1 Å². The summed E-state index contributed by atoms with van der Waals surface area (Å²) in [6, 6.07) is 0. The Hall–Kier alpha value is -0.520. The summed E-state index contributed by atoms with van der Waals surface area (Å²) >= 11 is 0. The highest BCUT2D eigenvalue weighted by molar-refractivity contribution is 5.28. The molecule has 2 rings (SSSR count). The van der Waals surface area contributed by atoms with E-state index in [0.29, 0.717) is 0 Å². The van der Waals surface area contributed by atoms with Gasteiger partial charge < -0.3 is 0 Å². The molecule has 72 valence electrons. The fourth-order valence-corrected chi connectivity index (χ4v) is 2.52. The highest BCUT2D eigenvalue weighted by atomic mass is 14.2. The molecule has 0 aromatic rings. The monoisotopic (exact) mass is 176 g/mol. The Balaban J connectivity index is 2.16. The van der Waals surface area contributed by atoms with Crippen LogP contribution in [0.1, 0.15) is 51.9 Å². The molecule has 1 unspecified atom stereocenters. The molecule has 2 aliphatic carbocycles. The van der Waals surface area contributed by atoms with Gasteiger partial charge in [0.15, 0.2) is 0 Å². The Labute approximate surface area is 81.7 Å². The van der Waals surface area contributed by atoms with Gasteiger partial charge in [0.05, 0.1) is 0 Å². The van der Waals surface area contributed by atoms with Crippen molar-refractivity contribution in [1.82, 2.24) is 0 Å². The third-order valence-corrected chi connectivity index (χ3v) is 3.37. The topological polar surface area (TPSA) is 0 Å². The van der Waals surface area contributed by atoms with Crippen molar-refractivity contribution in [3.63, 3.8) is 0 Å². The molecule has 0 bridgehead atoms. The Kier molecular flexibility index (Phi) is 2.87. The first-order chi connectivity index (χ1) is 6.36. The van der Waals surface area contributed by atoms with E-state index in [1.807, 2.05) is 0 Å². The second-order valence-electron chi connectivity index (χ2n) is 4.62. The second-order valence-corrected chi connectivity index (χ2v) is 4.62. The molecule has 0 saturated carbocycles. The Bertz CT molecular complexity index is 232. The third-order valence-electron chi connectivity index (χ3n) is 3.37. The van der Waals surface area contributed by atoms with Crippen LogP contribution in [0, 0.1) is 5.92 Å². The average Bonchev–Trinajstić information content (AvgIpc) is 2.08. The predicted molar refractivity (Wildman–Crippen MR) is 57.6 cm³/mol. The molecule has 0 nitrogen and oxygen atoms in total. The number of hydrogen-bond donors (Lipinski definition) is 0. The van der Waals surface area contributed by atoms with Crippen molar-refractivity contribution in [2.75, 3.05) is 0 Å². The summed E-state index contributed by atoms with van der Waals surface area (Å²) in [5.41, 5.74) is 3.45. The van der Waals surface area contributed by atoms with Crippen LogP contribution in [0.5, 0.6) is 0 Å². The minimum atomic E-state index is 0.937.